The molecule has 114 valence electrons. The molecule has 0 spiro atoms. The van der Waals surface area contributed by atoms with Crippen molar-refractivity contribution in [3.05, 3.63) is 29.3 Å². The summed E-state index contributed by atoms with van der Waals surface area (Å²) in [6.45, 7) is 2.11. The van der Waals surface area contributed by atoms with Gasteiger partial charge in [-0.05, 0) is 49.1 Å². The lowest BCUT2D eigenvalue weighted by Crippen LogP contribution is -2.53. The van der Waals surface area contributed by atoms with E-state index in [0.717, 1.165) is 17.7 Å². The minimum Gasteiger partial charge on any atom is -0.497 e. The smallest absolute Gasteiger partial charge is 0.235 e. The summed E-state index contributed by atoms with van der Waals surface area (Å²) in [6.07, 6.45) is 5.16. The molecule has 0 unspecified atom stereocenters. The molecule has 1 aliphatic heterocycles. The highest BCUT2D eigenvalue weighted by atomic mass is 32.2. The van der Waals surface area contributed by atoms with Crippen LogP contribution in [0.4, 0.5) is 0 Å². The lowest BCUT2D eigenvalue weighted by Gasteiger charge is -2.46. The molecule has 0 radical (unpaired) electrons. The molecule has 1 amide bonds. The van der Waals surface area contributed by atoms with E-state index in [1.54, 1.807) is 7.11 Å². The maximum Gasteiger partial charge on any atom is 0.235 e. The van der Waals surface area contributed by atoms with Crippen LogP contribution < -0.4 is 4.74 Å². The van der Waals surface area contributed by atoms with Gasteiger partial charge in [-0.25, -0.2) is 0 Å². The highest BCUT2D eigenvalue weighted by molar-refractivity contribution is 8.17. The Morgan fingerprint density at radius 2 is 2.00 bits per heavy atom. The summed E-state index contributed by atoms with van der Waals surface area (Å²) in [7, 11) is 3.62. The lowest BCUT2D eigenvalue weighted by atomic mass is 9.71. The van der Waals surface area contributed by atoms with Gasteiger partial charge < -0.3 is 9.64 Å². The van der Waals surface area contributed by atoms with Crippen molar-refractivity contribution in [2.75, 3.05) is 26.7 Å². The number of amides is 1. The molecule has 5 heteroatoms. The number of hydrogen-bond donors (Lipinski definition) is 0. The standard InChI is InChI=1S/C16H21NO2S2/c1-15-12-9-11(19-3)7-6-10(12)8-13(17(2)14(15)18)16(15,20-4)21-5/h6-7,9,13H,8H2,1-5H3/t13-,15-/m1/s1. The first-order chi connectivity index (χ1) is 9.96. The maximum absolute atomic E-state index is 13.1. The molecule has 21 heavy (non-hydrogen) atoms. The third-order valence-electron chi connectivity index (χ3n) is 5.23. The summed E-state index contributed by atoms with van der Waals surface area (Å²) in [4.78, 5) is 15.0. The van der Waals surface area contributed by atoms with Gasteiger partial charge in [0.05, 0.1) is 22.6 Å². The normalized spacial score (nSPS) is 29.5. The Hall–Kier alpha value is -0.810. The number of benzene rings is 1. The van der Waals surface area contributed by atoms with Crippen LogP contribution in [-0.2, 0) is 16.6 Å². The molecule has 2 atom stereocenters. The second kappa shape index (κ2) is 4.85. The Morgan fingerprint density at radius 1 is 1.33 bits per heavy atom. The average molecular weight is 323 g/mol. The summed E-state index contributed by atoms with van der Waals surface area (Å²) < 4.78 is 5.25. The van der Waals surface area contributed by atoms with E-state index < -0.39 is 5.41 Å². The van der Waals surface area contributed by atoms with E-state index in [9.17, 15) is 4.79 Å². The third kappa shape index (κ3) is 1.62. The molecular weight excluding hydrogens is 302 g/mol. The molecule has 1 fully saturated rings. The Bertz CT molecular complexity index is 600. The Labute approximate surface area is 134 Å². The number of methoxy groups -OCH3 is 1. The minimum atomic E-state index is -0.507. The van der Waals surface area contributed by atoms with Gasteiger partial charge in [-0.1, -0.05) is 6.07 Å². The summed E-state index contributed by atoms with van der Waals surface area (Å²) in [6, 6.07) is 6.42. The number of carbonyl (C=O) groups excluding carboxylic acids is 1. The predicted molar refractivity (Wildman–Crippen MR) is 90.4 cm³/mol. The van der Waals surface area contributed by atoms with Crippen LogP contribution in [0.3, 0.4) is 0 Å². The molecule has 2 aliphatic rings. The van der Waals surface area contributed by atoms with E-state index >= 15 is 0 Å². The number of hydrogen-bond acceptors (Lipinski definition) is 4. The van der Waals surface area contributed by atoms with Crippen molar-refractivity contribution < 1.29 is 9.53 Å². The van der Waals surface area contributed by atoms with Gasteiger partial charge in [0.25, 0.3) is 0 Å². The monoisotopic (exact) mass is 323 g/mol. The maximum atomic E-state index is 13.1. The van der Waals surface area contributed by atoms with Crippen molar-refractivity contribution in [3.8, 4) is 5.75 Å². The van der Waals surface area contributed by atoms with Crippen LogP contribution in [0.15, 0.2) is 18.2 Å². The van der Waals surface area contributed by atoms with Gasteiger partial charge in [-0.15, -0.1) is 23.5 Å². The fourth-order valence-corrected chi connectivity index (χ4v) is 7.01. The Morgan fingerprint density at radius 3 is 2.57 bits per heavy atom. The zero-order valence-corrected chi connectivity index (χ0v) is 14.7. The first kappa shape index (κ1) is 15.1. The van der Waals surface area contributed by atoms with Crippen LogP contribution in [0.5, 0.6) is 5.75 Å². The number of carbonyl (C=O) groups is 1. The van der Waals surface area contributed by atoms with Crippen molar-refractivity contribution in [1.29, 1.82) is 0 Å². The molecule has 0 N–H and O–H groups in total. The zero-order chi connectivity index (χ0) is 15.4. The largest absolute Gasteiger partial charge is 0.497 e. The number of ether oxygens (including phenoxy) is 1. The van der Waals surface area contributed by atoms with Crippen molar-refractivity contribution in [3.63, 3.8) is 0 Å². The molecule has 1 aromatic carbocycles. The van der Waals surface area contributed by atoms with Crippen LogP contribution in [0.25, 0.3) is 0 Å². The number of likely N-dealkylation sites (N-methyl/N-ethyl adjacent to an activating group) is 1. The number of nitrogens with zero attached hydrogens (tertiary/aromatic N) is 1. The number of rotatable bonds is 3. The molecule has 1 aliphatic carbocycles. The predicted octanol–water partition coefficient (Wildman–Crippen LogP) is 2.77. The summed E-state index contributed by atoms with van der Waals surface area (Å²) in [5, 5.41) is 0. The fourth-order valence-electron chi connectivity index (χ4n) is 4.10. The van der Waals surface area contributed by atoms with E-state index in [2.05, 4.69) is 31.6 Å². The number of likely N-dealkylation sites (tertiary alicyclic amines) is 1. The van der Waals surface area contributed by atoms with Crippen molar-refractivity contribution in [1.82, 2.24) is 4.90 Å². The second-order valence-corrected chi connectivity index (χ2v) is 8.22. The van der Waals surface area contributed by atoms with Gasteiger partial charge in [-0.3, -0.25) is 4.79 Å². The van der Waals surface area contributed by atoms with Gasteiger partial charge in [0.1, 0.15) is 5.75 Å². The molecule has 0 aromatic heterocycles. The van der Waals surface area contributed by atoms with Gasteiger partial charge in [-0.2, -0.15) is 0 Å². The molecule has 1 heterocycles. The van der Waals surface area contributed by atoms with Crippen molar-refractivity contribution >= 4 is 29.4 Å². The van der Waals surface area contributed by atoms with Gasteiger partial charge in [0.2, 0.25) is 5.91 Å². The molecule has 2 bridgehead atoms. The van der Waals surface area contributed by atoms with Crippen molar-refractivity contribution in [2.24, 2.45) is 0 Å². The third-order valence-corrected chi connectivity index (χ3v) is 8.80. The van der Waals surface area contributed by atoms with Crippen LogP contribution in [0, 0.1) is 0 Å². The molecule has 3 rings (SSSR count). The second-order valence-electron chi connectivity index (χ2n) is 5.86. The Balaban J connectivity index is 2.30. The molecule has 1 aromatic rings. The van der Waals surface area contributed by atoms with Gasteiger partial charge in [0.15, 0.2) is 0 Å². The SMILES string of the molecule is COc1ccc2c(c1)[C@]1(C)C(=O)N(C)[C@H](C2)C1(SC)SC. The quantitative estimate of drug-likeness (QED) is 0.800. The van der Waals surface area contributed by atoms with Gasteiger partial charge >= 0.3 is 0 Å². The highest BCUT2D eigenvalue weighted by Crippen LogP contribution is 2.62. The van der Waals surface area contributed by atoms with E-state index in [1.165, 1.54) is 5.56 Å². The van der Waals surface area contributed by atoms with E-state index in [0.29, 0.717) is 0 Å². The molecule has 1 saturated heterocycles. The van der Waals surface area contributed by atoms with Gasteiger partial charge in [0, 0.05) is 7.05 Å². The van der Waals surface area contributed by atoms with E-state index in [1.807, 2.05) is 41.5 Å². The Kier molecular flexibility index (Phi) is 3.49. The van der Waals surface area contributed by atoms with Crippen LogP contribution in [0.1, 0.15) is 18.1 Å². The minimum absolute atomic E-state index is 0.141. The van der Waals surface area contributed by atoms with Crippen LogP contribution in [0.2, 0.25) is 0 Å². The molecular formula is C16H21NO2S2. The van der Waals surface area contributed by atoms with E-state index in [-0.39, 0.29) is 16.0 Å². The van der Waals surface area contributed by atoms with Crippen molar-refractivity contribution in [2.45, 2.75) is 28.9 Å². The molecule has 0 saturated carbocycles. The highest BCUT2D eigenvalue weighted by Gasteiger charge is 2.68. The molecule has 3 nitrogen and oxygen atoms in total. The van der Waals surface area contributed by atoms with Crippen LogP contribution in [-0.4, -0.2) is 47.6 Å². The fraction of sp³-hybridized carbons (Fsp3) is 0.562. The number of thioether (sulfide) groups is 2. The first-order valence-electron chi connectivity index (χ1n) is 7.01. The summed E-state index contributed by atoms with van der Waals surface area (Å²) >= 11 is 3.63. The summed E-state index contributed by atoms with van der Waals surface area (Å²) in [5.74, 6) is 1.05. The number of fused-ring (bicyclic) bond motifs is 4. The summed E-state index contributed by atoms with van der Waals surface area (Å²) in [5.41, 5.74) is 1.91. The zero-order valence-electron chi connectivity index (χ0n) is 13.1. The topological polar surface area (TPSA) is 29.5 Å². The lowest BCUT2D eigenvalue weighted by molar-refractivity contribution is -0.131. The van der Waals surface area contributed by atoms with E-state index in [4.69, 9.17) is 4.74 Å². The average Bonchev–Trinajstić information content (AvgIpc) is 2.62. The first-order valence-corrected chi connectivity index (χ1v) is 9.46. The van der Waals surface area contributed by atoms with Crippen LogP contribution >= 0.6 is 23.5 Å².